The Bertz CT molecular complexity index is 1570. The van der Waals surface area contributed by atoms with Crippen molar-refractivity contribution in [2.24, 2.45) is 11.7 Å². The molecule has 48 heavy (non-hydrogen) atoms. The van der Waals surface area contributed by atoms with Crippen molar-refractivity contribution in [1.82, 2.24) is 15.1 Å². The van der Waals surface area contributed by atoms with Gasteiger partial charge in [0.05, 0.1) is 0 Å². The van der Waals surface area contributed by atoms with Gasteiger partial charge in [0.25, 0.3) is 0 Å². The number of phenols is 1. The Morgan fingerprint density at radius 1 is 0.854 bits per heavy atom. The fourth-order valence-electron chi connectivity index (χ4n) is 5.57. The Labute approximate surface area is 282 Å². The van der Waals surface area contributed by atoms with Gasteiger partial charge in [-0.25, -0.2) is 9.18 Å². The number of benzene rings is 3. The van der Waals surface area contributed by atoms with E-state index in [1.807, 2.05) is 39.0 Å². The molecule has 0 aliphatic rings. The van der Waals surface area contributed by atoms with Gasteiger partial charge in [-0.15, -0.1) is 0 Å². The van der Waals surface area contributed by atoms with E-state index >= 15 is 0 Å². The van der Waals surface area contributed by atoms with Crippen LogP contribution in [0.3, 0.4) is 0 Å². The zero-order valence-electron chi connectivity index (χ0n) is 28.7. The molecule has 3 atom stereocenters. The van der Waals surface area contributed by atoms with Gasteiger partial charge in [-0.3, -0.25) is 14.4 Å². The number of primary amides is 1. The van der Waals surface area contributed by atoms with Crippen LogP contribution in [0.5, 0.6) is 5.75 Å². The molecule has 3 rings (SSSR count). The Morgan fingerprint density at radius 2 is 1.46 bits per heavy atom. The van der Waals surface area contributed by atoms with Crippen molar-refractivity contribution < 1.29 is 33.4 Å². The molecule has 10 nitrogen and oxygen atoms in total. The summed E-state index contributed by atoms with van der Waals surface area (Å²) in [6.45, 7) is 9.37. The minimum Gasteiger partial charge on any atom is -0.508 e. The van der Waals surface area contributed by atoms with Gasteiger partial charge in [-0.05, 0) is 51.8 Å². The second-order valence-electron chi connectivity index (χ2n) is 13.4. The minimum absolute atomic E-state index is 0.000388. The number of carbonyl (C=O) groups is 4. The number of ether oxygens (including phenoxy) is 1. The summed E-state index contributed by atoms with van der Waals surface area (Å²) in [6, 6.07) is 16.3. The molecule has 0 aliphatic carbocycles. The minimum atomic E-state index is -1.16. The van der Waals surface area contributed by atoms with Crippen LogP contribution in [-0.4, -0.2) is 70.9 Å². The van der Waals surface area contributed by atoms with Gasteiger partial charge in [0.1, 0.15) is 36.3 Å². The molecule has 0 unspecified atom stereocenters. The number of nitrogens with one attached hydrogen (secondary N) is 1. The standard InChI is InChI=1S/C37H47FN4O6/c1-23(2)32(35(46)41(6)30(33(39)44)21-26-15-18-31(43)28(19-26)37(3,4)5)42(7)34(45)29(20-24-13-16-27(38)17-14-24)40-36(47)48-22-25-11-9-8-10-12-25/h8-19,23,29-30,32,43H,20-22H2,1-7H3,(H2,39,44)(H,40,47)/t29-,30-,32-/m0/s1. The molecule has 4 amide bonds. The molecular formula is C37H47FN4O6. The molecule has 0 spiro atoms. The van der Waals surface area contributed by atoms with Gasteiger partial charge in [0.2, 0.25) is 17.7 Å². The smallest absolute Gasteiger partial charge is 0.408 e. The van der Waals surface area contributed by atoms with Crippen LogP contribution in [0, 0.1) is 11.7 Å². The van der Waals surface area contributed by atoms with Crippen LogP contribution in [-0.2, 0) is 44.0 Å². The Hall–Kier alpha value is -4.93. The van der Waals surface area contributed by atoms with Crippen molar-refractivity contribution in [3.05, 3.63) is 101 Å². The second kappa shape index (κ2) is 16.3. The largest absolute Gasteiger partial charge is 0.508 e. The average molecular weight is 663 g/mol. The number of nitrogens with zero attached hydrogens (tertiary/aromatic N) is 2. The number of likely N-dealkylation sites (N-methyl/N-ethyl adjacent to an activating group) is 2. The Balaban J connectivity index is 1.86. The predicted molar refractivity (Wildman–Crippen MR) is 181 cm³/mol. The summed E-state index contributed by atoms with van der Waals surface area (Å²) >= 11 is 0. The SMILES string of the molecule is CC(C)[C@@H](C(=O)N(C)[C@@H](Cc1ccc(O)c(C(C)(C)C)c1)C(N)=O)N(C)C(=O)[C@H](Cc1ccc(F)cc1)NC(=O)OCc1ccccc1. The molecule has 0 aromatic heterocycles. The molecule has 0 heterocycles. The third kappa shape index (κ3) is 10.0. The number of amides is 4. The molecule has 0 saturated heterocycles. The number of nitrogens with two attached hydrogens (primary N) is 1. The van der Waals surface area contributed by atoms with Crippen molar-refractivity contribution >= 4 is 23.8 Å². The fourth-order valence-corrected chi connectivity index (χ4v) is 5.57. The third-order valence-electron chi connectivity index (χ3n) is 8.25. The molecular weight excluding hydrogens is 615 g/mol. The van der Waals surface area contributed by atoms with E-state index in [0.717, 1.165) is 5.56 Å². The first kappa shape index (κ1) is 37.5. The zero-order valence-corrected chi connectivity index (χ0v) is 28.7. The molecule has 11 heteroatoms. The van der Waals surface area contributed by atoms with E-state index < -0.39 is 53.7 Å². The maximum atomic E-state index is 14.1. The molecule has 0 aliphatic heterocycles. The molecule has 0 bridgehead atoms. The van der Waals surface area contributed by atoms with Crippen molar-refractivity contribution in [2.75, 3.05) is 14.1 Å². The first-order valence-electron chi connectivity index (χ1n) is 15.9. The molecule has 3 aromatic carbocycles. The summed E-state index contributed by atoms with van der Waals surface area (Å²) in [5.41, 5.74) is 8.15. The van der Waals surface area contributed by atoms with Crippen molar-refractivity contribution in [3.8, 4) is 5.75 Å². The summed E-state index contributed by atoms with van der Waals surface area (Å²) in [5, 5.41) is 13.0. The highest BCUT2D eigenvalue weighted by Crippen LogP contribution is 2.32. The van der Waals surface area contributed by atoms with Crippen LogP contribution in [0.25, 0.3) is 0 Å². The lowest BCUT2D eigenvalue weighted by molar-refractivity contribution is -0.149. The highest BCUT2D eigenvalue weighted by Gasteiger charge is 2.38. The summed E-state index contributed by atoms with van der Waals surface area (Å²) in [5.74, 6) is -2.57. The van der Waals surface area contributed by atoms with E-state index in [0.29, 0.717) is 16.7 Å². The van der Waals surface area contributed by atoms with Gasteiger partial charge in [-0.1, -0.05) is 89.2 Å². The molecule has 0 saturated carbocycles. The van der Waals surface area contributed by atoms with E-state index in [1.54, 1.807) is 44.2 Å². The Morgan fingerprint density at radius 3 is 2.02 bits per heavy atom. The lowest BCUT2D eigenvalue weighted by atomic mass is 9.84. The van der Waals surface area contributed by atoms with Gasteiger partial charge in [0, 0.05) is 26.9 Å². The number of rotatable bonds is 13. The van der Waals surface area contributed by atoms with Crippen LogP contribution >= 0.6 is 0 Å². The molecule has 3 aromatic rings. The van der Waals surface area contributed by atoms with E-state index in [4.69, 9.17) is 10.5 Å². The number of hydrogen-bond donors (Lipinski definition) is 3. The highest BCUT2D eigenvalue weighted by molar-refractivity contribution is 5.93. The number of halogens is 1. The van der Waals surface area contributed by atoms with Crippen molar-refractivity contribution in [2.45, 2.75) is 77.6 Å². The molecule has 4 N–H and O–H groups in total. The predicted octanol–water partition coefficient (Wildman–Crippen LogP) is 4.70. The topological polar surface area (TPSA) is 142 Å². The summed E-state index contributed by atoms with van der Waals surface area (Å²) in [6.07, 6.45) is -0.750. The lowest BCUT2D eigenvalue weighted by Crippen LogP contribution is -2.59. The first-order valence-corrected chi connectivity index (χ1v) is 15.9. The highest BCUT2D eigenvalue weighted by atomic mass is 19.1. The van der Waals surface area contributed by atoms with Gasteiger partial charge >= 0.3 is 6.09 Å². The van der Waals surface area contributed by atoms with Crippen LogP contribution in [0.2, 0.25) is 0 Å². The average Bonchev–Trinajstić information content (AvgIpc) is 3.03. The third-order valence-corrected chi connectivity index (χ3v) is 8.25. The second-order valence-corrected chi connectivity index (χ2v) is 13.4. The van der Waals surface area contributed by atoms with Crippen LogP contribution in [0.1, 0.15) is 56.9 Å². The number of carbonyl (C=O) groups excluding carboxylic acids is 4. The Kier molecular flexibility index (Phi) is 12.7. The molecule has 0 radical (unpaired) electrons. The van der Waals surface area contributed by atoms with Crippen LogP contribution < -0.4 is 11.1 Å². The monoisotopic (exact) mass is 662 g/mol. The number of aromatic hydroxyl groups is 1. The van der Waals surface area contributed by atoms with Gasteiger partial charge in [-0.2, -0.15) is 0 Å². The van der Waals surface area contributed by atoms with Crippen LogP contribution in [0.15, 0.2) is 72.8 Å². The summed E-state index contributed by atoms with van der Waals surface area (Å²) in [7, 11) is 2.92. The number of hydrogen-bond acceptors (Lipinski definition) is 6. The van der Waals surface area contributed by atoms with Crippen molar-refractivity contribution in [1.29, 1.82) is 0 Å². The fraction of sp³-hybridized carbons (Fsp3) is 0.405. The lowest BCUT2D eigenvalue weighted by Gasteiger charge is -2.37. The zero-order chi connectivity index (χ0) is 35.8. The van der Waals surface area contributed by atoms with Gasteiger partial charge in [0.15, 0.2) is 0 Å². The van der Waals surface area contributed by atoms with Crippen LogP contribution in [0.4, 0.5) is 9.18 Å². The molecule has 0 fully saturated rings. The summed E-state index contributed by atoms with van der Waals surface area (Å²) < 4.78 is 19.0. The number of phenolic OH excluding ortho intramolecular Hbond substituents is 1. The van der Waals surface area contributed by atoms with E-state index in [-0.39, 0.29) is 30.6 Å². The van der Waals surface area contributed by atoms with E-state index in [2.05, 4.69) is 5.32 Å². The quantitative estimate of drug-likeness (QED) is 0.242. The summed E-state index contributed by atoms with van der Waals surface area (Å²) in [4.78, 5) is 56.2. The first-order chi connectivity index (χ1) is 22.5. The normalized spacial score (nSPS) is 13.3. The van der Waals surface area contributed by atoms with Crippen molar-refractivity contribution in [3.63, 3.8) is 0 Å². The molecule has 258 valence electrons. The maximum absolute atomic E-state index is 14.1. The maximum Gasteiger partial charge on any atom is 0.408 e. The van der Waals surface area contributed by atoms with Gasteiger partial charge < -0.3 is 30.7 Å². The number of alkyl carbamates (subject to hydrolysis) is 1. The van der Waals surface area contributed by atoms with E-state index in [9.17, 15) is 28.7 Å². The van der Waals surface area contributed by atoms with E-state index in [1.165, 1.54) is 48.2 Å².